The molecule has 0 spiro atoms. The van der Waals surface area contributed by atoms with Crippen LogP contribution in [0.3, 0.4) is 0 Å². The first-order chi connectivity index (χ1) is 8.22. The van der Waals surface area contributed by atoms with Crippen LogP contribution >= 0.6 is 11.3 Å². The summed E-state index contributed by atoms with van der Waals surface area (Å²) in [6, 6.07) is 5.08. The van der Waals surface area contributed by atoms with Gasteiger partial charge in [0.2, 0.25) is 0 Å². The van der Waals surface area contributed by atoms with Crippen molar-refractivity contribution in [1.29, 1.82) is 0 Å². The number of aryl methyl sites for hydroxylation is 1. The number of hydrogen-bond acceptors (Lipinski definition) is 3. The second-order valence-electron chi connectivity index (χ2n) is 5.17. The van der Waals surface area contributed by atoms with Gasteiger partial charge in [-0.2, -0.15) is 0 Å². The standard InChI is InChI=1S/C14H24N2S/c1-3-12-6-7-16(13(8-12)9-15)10-14-5-4-11(2)17-14/h4-5,12-13H,3,6-10,15H2,1-2H3. The van der Waals surface area contributed by atoms with E-state index in [1.165, 1.54) is 35.6 Å². The van der Waals surface area contributed by atoms with Crippen molar-refractivity contribution in [3.8, 4) is 0 Å². The second kappa shape index (κ2) is 5.98. The molecule has 1 fully saturated rings. The van der Waals surface area contributed by atoms with E-state index in [1.54, 1.807) is 0 Å². The van der Waals surface area contributed by atoms with Crippen LogP contribution < -0.4 is 5.73 Å². The SMILES string of the molecule is CCC1CCN(Cc2ccc(C)s2)C(CN)C1. The lowest BCUT2D eigenvalue weighted by Crippen LogP contribution is -2.45. The van der Waals surface area contributed by atoms with Crippen LogP contribution in [0, 0.1) is 12.8 Å². The number of likely N-dealkylation sites (tertiary alicyclic amines) is 1. The van der Waals surface area contributed by atoms with E-state index in [2.05, 4.69) is 30.9 Å². The van der Waals surface area contributed by atoms with Crippen LogP contribution in [0.2, 0.25) is 0 Å². The first kappa shape index (κ1) is 13.1. The molecule has 3 heteroatoms. The van der Waals surface area contributed by atoms with E-state index in [9.17, 15) is 0 Å². The molecule has 0 aliphatic carbocycles. The molecule has 17 heavy (non-hydrogen) atoms. The molecule has 1 aromatic rings. The van der Waals surface area contributed by atoms with Crippen molar-refractivity contribution >= 4 is 11.3 Å². The Morgan fingerprint density at radius 3 is 2.88 bits per heavy atom. The molecule has 2 rings (SSSR count). The van der Waals surface area contributed by atoms with Gasteiger partial charge in [-0.3, -0.25) is 4.90 Å². The van der Waals surface area contributed by atoms with Gasteiger partial charge in [0.1, 0.15) is 0 Å². The zero-order valence-electron chi connectivity index (χ0n) is 11.0. The Morgan fingerprint density at radius 1 is 1.47 bits per heavy atom. The van der Waals surface area contributed by atoms with E-state index in [0.717, 1.165) is 19.0 Å². The molecule has 0 radical (unpaired) electrons. The Balaban J connectivity index is 1.95. The molecule has 1 saturated heterocycles. The minimum Gasteiger partial charge on any atom is -0.329 e. The normalized spacial score (nSPS) is 26.3. The summed E-state index contributed by atoms with van der Waals surface area (Å²) >= 11 is 1.92. The Kier molecular flexibility index (Phi) is 4.60. The average Bonchev–Trinajstić information content (AvgIpc) is 2.75. The molecule has 2 unspecified atom stereocenters. The summed E-state index contributed by atoms with van der Waals surface area (Å²) in [5.74, 6) is 0.893. The fraction of sp³-hybridized carbons (Fsp3) is 0.714. The molecule has 1 aliphatic heterocycles. The third-order valence-electron chi connectivity index (χ3n) is 3.95. The Hall–Kier alpha value is -0.380. The first-order valence-corrected chi connectivity index (χ1v) is 7.54. The first-order valence-electron chi connectivity index (χ1n) is 6.72. The molecule has 1 aromatic heterocycles. The van der Waals surface area contributed by atoms with Gasteiger partial charge in [-0.05, 0) is 44.4 Å². The van der Waals surface area contributed by atoms with Crippen LogP contribution in [-0.2, 0) is 6.54 Å². The van der Waals surface area contributed by atoms with Gasteiger partial charge >= 0.3 is 0 Å². The van der Waals surface area contributed by atoms with Crippen LogP contribution in [0.1, 0.15) is 35.9 Å². The lowest BCUT2D eigenvalue weighted by molar-refractivity contribution is 0.108. The maximum Gasteiger partial charge on any atom is 0.0331 e. The van der Waals surface area contributed by atoms with Gasteiger partial charge in [0.05, 0.1) is 0 Å². The number of nitrogens with zero attached hydrogens (tertiary/aromatic N) is 1. The number of hydrogen-bond donors (Lipinski definition) is 1. The largest absolute Gasteiger partial charge is 0.329 e. The van der Waals surface area contributed by atoms with Gasteiger partial charge in [-0.25, -0.2) is 0 Å². The van der Waals surface area contributed by atoms with Crippen LogP contribution in [-0.4, -0.2) is 24.0 Å². The van der Waals surface area contributed by atoms with Gasteiger partial charge in [0.15, 0.2) is 0 Å². The van der Waals surface area contributed by atoms with Crippen molar-refractivity contribution < 1.29 is 0 Å². The van der Waals surface area contributed by atoms with Crippen molar-refractivity contribution in [3.63, 3.8) is 0 Å². The Bertz CT molecular complexity index is 348. The van der Waals surface area contributed by atoms with Gasteiger partial charge in [-0.1, -0.05) is 13.3 Å². The van der Waals surface area contributed by atoms with Crippen LogP contribution in [0.25, 0.3) is 0 Å². The van der Waals surface area contributed by atoms with E-state index in [-0.39, 0.29) is 0 Å². The predicted octanol–water partition coefficient (Wildman–Crippen LogP) is 3.01. The van der Waals surface area contributed by atoms with Gasteiger partial charge in [-0.15, -0.1) is 11.3 Å². The van der Waals surface area contributed by atoms with E-state index < -0.39 is 0 Å². The molecule has 0 saturated carbocycles. The topological polar surface area (TPSA) is 29.3 Å². The lowest BCUT2D eigenvalue weighted by Gasteiger charge is -2.38. The molecule has 2 nitrogen and oxygen atoms in total. The monoisotopic (exact) mass is 252 g/mol. The number of nitrogens with two attached hydrogens (primary N) is 1. The van der Waals surface area contributed by atoms with Crippen molar-refractivity contribution in [3.05, 3.63) is 21.9 Å². The van der Waals surface area contributed by atoms with Gasteiger partial charge in [0, 0.05) is 28.9 Å². The predicted molar refractivity (Wildman–Crippen MR) is 75.3 cm³/mol. The van der Waals surface area contributed by atoms with E-state index in [1.807, 2.05) is 11.3 Å². The summed E-state index contributed by atoms with van der Waals surface area (Å²) in [7, 11) is 0. The smallest absolute Gasteiger partial charge is 0.0331 e. The molecule has 0 aromatic carbocycles. The molecular weight excluding hydrogens is 228 g/mol. The quantitative estimate of drug-likeness (QED) is 0.892. The molecule has 2 N–H and O–H groups in total. The van der Waals surface area contributed by atoms with E-state index in [4.69, 9.17) is 5.73 Å². The number of thiophene rings is 1. The highest BCUT2D eigenvalue weighted by Gasteiger charge is 2.26. The zero-order chi connectivity index (χ0) is 12.3. The minimum atomic E-state index is 0.594. The molecule has 96 valence electrons. The number of rotatable bonds is 4. The summed E-state index contributed by atoms with van der Waals surface area (Å²) < 4.78 is 0. The second-order valence-corrected chi connectivity index (χ2v) is 6.54. The number of piperidine rings is 1. The molecule has 0 bridgehead atoms. The highest BCUT2D eigenvalue weighted by molar-refractivity contribution is 7.11. The van der Waals surface area contributed by atoms with Crippen LogP contribution in [0.4, 0.5) is 0 Å². The lowest BCUT2D eigenvalue weighted by atomic mass is 9.89. The van der Waals surface area contributed by atoms with E-state index >= 15 is 0 Å². The minimum absolute atomic E-state index is 0.594. The third kappa shape index (κ3) is 3.30. The highest BCUT2D eigenvalue weighted by atomic mass is 32.1. The van der Waals surface area contributed by atoms with Gasteiger partial charge in [0.25, 0.3) is 0 Å². The molecular formula is C14H24N2S. The van der Waals surface area contributed by atoms with Crippen LogP contribution in [0.5, 0.6) is 0 Å². The Labute approximate surface area is 109 Å². The zero-order valence-corrected chi connectivity index (χ0v) is 11.8. The summed E-state index contributed by atoms with van der Waals surface area (Å²) in [6.07, 6.45) is 3.94. The summed E-state index contributed by atoms with van der Waals surface area (Å²) in [4.78, 5) is 5.47. The van der Waals surface area contributed by atoms with Crippen molar-refractivity contribution in [2.45, 2.75) is 45.7 Å². The van der Waals surface area contributed by atoms with Gasteiger partial charge < -0.3 is 5.73 Å². The van der Waals surface area contributed by atoms with E-state index in [0.29, 0.717) is 6.04 Å². The Morgan fingerprint density at radius 2 is 2.29 bits per heavy atom. The molecule has 2 heterocycles. The fourth-order valence-electron chi connectivity index (χ4n) is 2.78. The molecule has 2 atom stereocenters. The molecule has 1 aliphatic rings. The van der Waals surface area contributed by atoms with Crippen LogP contribution in [0.15, 0.2) is 12.1 Å². The summed E-state index contributed by atoms with van der Waals surface area (Å²) in [5, 5.41) is 0. The van der Waals surface area contributed by atoms with Crippen molar-refractivity contribution in [2.24, 2.45) is 11.7 Å². The molecule has 0 amide bonds. The van der Waals surface area contributed by atoms with Crippen molar-refractivity contribution in [1.82, 2.24) is 4.90 Å². The maximum absolute atomic E-state index is 5.93. The summed E-state index contributed by atoms with van der Waals surface area (Å²) in [5.41, 5.74) is 5.93. The fourth-order valence-corrected chi connectivity index (χ4v) is 3.69. The average molecular weight is 252 g/mol. The summed E-state index contributed by atoms with van der Waals surface area (Å²) in [6.45, 7) is 7.60. The van der Waals surface area contributed by atoms with Crippen molar-refractivity contribution in [2.75, 3.05) is 13.1 Å². The highest BCUT2D eigenvalue weighted by Crippen LogP contribution is 2.27. The maximum atomic E-state index is 5.93. The third-order valence-corrected chi connectivity index (χ3v) is 4.94.